The van der Waals surface area contributed by atoms with Gasteiger partial charge in [-0.1, -0.05) is 19.1 Å². The van der Waals surface area contributed by atoms with Gasteiger partial charge in [0.1, 0.15) is 12.4 Å². The van der Waals surface area contributed by atoms with Crippen LogP contribution in [0.2, 0.25) is 0 Å². The molecule has 4 rings (SSSR count). The highest BCUT2D eigenvalue weighted by Gasteiger charge is 2.46. The first-order valence-corrected chi connectivity index (χ1v) is 11.0. The van der Waals surface area contributed by atoms with Crippen molar-refractivity contribution in [2.75, 3.05) is 55.7 Å². The highest BCUT2D eigenvalue weighted by Crippen LogP contribution is 2.32. The Morgan fingerprint density at radius 3 is 2.58 bits per heavy atom. The van der Waals surface area contributed by atoms with Gasteiger partial charge in [0.25, 0.3) is 0 Å². The Bertz CT molecular complexity index is 797. The van der Waals surface area contributed by atoms with Crippen LogP contribution in [0.1, 0.15) is 6.92 Å². The topological polar surface area (TPSA) is 70.2 Å². The van der Waals surface area contributed by atoms with E-state index in [1.54, 1.807) is 4.90 Å². The van der Waals surface area contributed by atoms with Crippen molar-refractivity contribution < 1.29 is 17.9 Å². The van der Waals surface area contributed by atoms with Crippen LogP contribution < -0.4 is 9.64 Å². The molecule has 3 heterocycles. The number of carbonyl (C=O) groups is 1. The predicted molar refractivity (Wildman–Crippen MR) is 99.3 cm³/mol. The number of ether oxygens (including phenoxy) is 1. The number of para-hydroxylation sites is 2. The minimum atomic E-state index is -3.04. The van der Waals surface area contributed by atoms with Gasteiger partial charge < -0.3 is 9.64 Å². The molecule has 2 fully saturated rings. The number of hydrogen-bond donors (Lipinski definition) is 0. The van der Waals surface area contributed by atoms with Gasteiger partial charge in [-0.2, -0.15) is 0 Å². The monoisotopic (exact) mass is 379 g/mol. The van der Waals surface area contributed by atoms with Gasteiger partial charge in [0, 0.05) is 25.2 Å². The zero-order chi connectivity index (χ0) is 18.3. The van der Waals surface area contributed by atoms with Crippen LogP contribution in [-0.2, 0) is 14.6 Å². The Hall–Kier alpha value is -1.64. The number of sulfone groups is 1. The summed E-state index contributed by atoms with van der Waals surface area (Å²) in [6.45, 7) is 5.69. The van der Waals surface area contributed by atoms with E-state index in [0.29, 0.717) is 13.2 Å². The SMILES string of the molecule is CCN1CCN(CC(=O)N2CCOc3ccccc32)[C@H]2CS(=O)(=O)C[C@H]21. The molecule has 0 aromatic heterocycles. The zero-order valence-corrected chi connectivity index (χ0v) is 15.8. The lowest BCUT2D eigenvalue weighted by molar-refractivity contribution is -0.121. The molecule has 1 amide bonds. The number of likely N-dealkylation sites (N-methyl/N-ethyl adjacent to an activating group) is 1. The molecule has 2 saturated heterocycles. The maximum Gasteiger partial charge on any atom is 0.241 e. The summed E-state index contributed by atoms with van der Waals surface area (Å²) in [6.07, 6.45) is 0. The Balaban J connectivity index is 1.52. The molecule has 3 aliphatic rings. The number of hydrogen-bond acceptors (Lipinski definition) is 6. The van der Waals surface area contributed by atoms with Gasteiger partial charge in [0.15, 0.2) is 9.84 Å². The Labute approximate surface area is 154 Å². The smallest absolute Gasteiger partial charge is 0.241 e. The van der Waals surface area contributed by atoms with Crippen LogP contribution in [0.15, 0.2) is 24.3 Å². The van der Waals surface area contributed by atoms with Crippen LogP contribution in [0.4, 0.5) is 5.69 Å². The third-order valence-electron chi connectivity index (χ3n) is 5.68. The number of benzene rings is 1. The van der Waals surface area contributed by atoms with Gasteiger partial charge in [-0.25, -0.2) is 8.42 Å². The van der Waals surface area contributed by atoms with E-state index in [1.165, 1.54) is 0 Å². The van der Waals surface area contributed by atoms with E-state index in [9.17, 15) is 13.2 Å². The molecule has 0 radical (unpaired) electrons. The van der Waals surface area contributed by atoms with Gasteiger partial charge in [-0.3, -0.25) is 14.6 Å². The van der Waals surface area contributed by atoms with Gasteiger partial charge in [0.05, 0.1) is 30.3 Å². The van der Waals surface area contributed by atoms with Gasteiger partial charge in [-0.15, -0.1) is 0 Å². The molecule has 26 heavy (non-hydrogen) atoms. The molecule has 3 aliphatic heterocycles. The number of amides is 1. The predicted octanol–water partition coefficient (Wildman–Crippen LogP) is 0.215. The molecule has 0 N–H and O–H groups in total. The first-order chi connectivity index (χ1) is 12.5. The summed E-state index contributed by atoms with van der Waals surface area (Å²) in [7, 11) is -3.04. The standard InChI is InChI=1S/C18H25N3O4S/c1-2-19-7-8-20(16-13-26(23,24)12-15(16)19)11-18(22)21-9-10-25-17-6-4-3-5-14(17)21/h3-6,15-16H,2,7-13H2,1H3/t15-,16+/m1/s1. The Morgan fingerprint density at radius 2 is 1.81 bits per heavy atom. The van der Waals surface area contributed by atoms with Crippen LogP contribution in [0.25, 0.3) is 0 Å². The average molecular weight is 379 g/mol. The summed E-state index contributed by atoms with van der Waals surface area (Å²) in [5.41, 5.74) is 0.798. The molecular weight excluding hydrogens is 354 g/mol. The van der Waals surface area contributed by atoms with E-state index in [0.717, 1.165) is 31.1 Å². The van der Waals surface area contributed by atoms with Gasteiger partial charge >= 0.3 is 0 Å². The van der Waals surface area contributed by atoms with E-state index in [4.69, 9.17) is 4.74 Å². The Kier molecular flexibility index (Phi) is 4.66. The van der Waals surface area contributed by atoms with Crippen molar-refractivity contribution in [1.82, 2.24) is 9.80 Å². The first kappa shape index (κ1) is 17.8. The lowest BCUT2D eigenvalue weighted by atomic mass is 10.0. The molecule has 1 aromatic carbocycles. The summed E-state index contributed by atoms with van der Waals surface area (Å²) in [4.78, 5) is 19.1. The lowest BCUT2D eigenvalue weighted by Gasteiger charge is -2.43. The third-order valence-corrected chi connectivity index (χ3v) is 7.38. The fraction of sp³-hybridized carbons (Fsp3) is 0.611. The summed E-state index contributed by atoms with van der Waals surface area (Å²) < 4.78 is 30.0. The third kappa shape index (κ3) is 3.21. The number of fused-ring (bicyclic) bond motifs is 2. The summed E-state index contributed by atoms with van der Waals surface area (Å²) in [5, 5.41) is 0. The largest absolute Gasteiger partial charge is 0.490 e. The quantitative estimate of drug-likeness (QED) is 0.748. The molecule has 2 atom stereocenters. The van der Waals surface area contributed by atoms with E-state index in [-0.39, 0.29) is 36.0 Å². The first-order valence-electron chi connectivity index (χ1n) is 9.19. The molecule has 0 spiro atoms. The summed E-state index contributed by atoms with van der Waals surface area (Å²) in [6, 6.07) is 7.47. The van der Waals surface area contributed by atoms with Crippen molar-refractivity contribution in [3.05, 3.63) is 24.3 Å². The second-order valence-corrected chi connectivity index (χ2v) is 9.33. The maximum absolute atomic E-state index is 13.0. The minimum absolute atomic E-state index is 0.00326. The van der Waals surface area contributed by atoms with Crippen LogP contribution in [0, 0.1) is 0 Å². The van der Waals surface area contributed by atoms with Crippen LogP contribution in [-0.4, -0.2) is 87.0 Å². The molecule has 8 heteroatoms. The molecule has 142 valence electrons. The zero-order valence-electron chi connectivity index (χ0n) is 15.0. The van der Waals surface area contributed by atoms with Crippen LogP contribution in [0.3, 0.4) is 0 Å². The van der Waals surface area contributed by atoms with E-state index >= 15 is 0 Å². The van der Waals surface area contributed by atoms with Crippen molar-refractivity contribution in [1.29, 1.82) is 0 Å². The number of nitrogens with zero attached hydrogens (tertiary/aromatic N) is 3. The van der Waals surface area contributed by atoms with Crippen molar-refractivity contribution >= 4 is 21.4 Å². The maximum atomic E-state index is 13.0. The van der Waals surface area contributed by atoms with Crippen molar-refractivity contribution in [2.45, 2.75) is 19.0 Å². The normalized spacial score (nSPS) is 28.3. The number of piperazine rings is 1. The van der Waals surface area contributed by atoms with Crippen molar-refractivity contribution in [3.63, 3.8) is 0 Å². The van der Waals surface area contributed by atoms with Crippen LogP contribution >= 0.6 is 0 Å². The Morgan fingerprint density at radius 1 is 1.12 bits per heavy atom. The number of anilines is 1. The highest BCUT2D eigenvalue weighted by molar-refractivity contribution is 7.91. The minimum Gasteiger partial charge on any atom is -0.490 e. The van der Waals surface area contributed by atoms with Crippen molar-refractivity contribution in [3.8, 4) is 5.75 Å². The molecule has 0 saturated carbocycles. The molecule has 0 aliphatic carbocycles. The highest BCUT2D eigenvalue weighted by atomic mass is 32.2. The van der Waals surface area contributed by atoms with E-state index < -0.39 is 9.84 Å². The van der Waals surface area contributed by atoms with E-state index in [1.807, 2.05) is 24.3 Å². The molecule has 1 aromatic rings. The molecule has 7 nitrogen and oxygen atoms in total. The average Bonchev–Trinajstić information content (AvgIpc) is 2.97. The fourth-order valence-electron chi connectivity index (χ4n) is 4.37. The number of carbonyl (C=O) groups excluding carboxylic acids is 1. The second-order valence-electron chi connectivity index (χ2n) is 7.17. The molecular formula is C18H25N3O4S. The van der Waals surface area contributed by atoms with Gasteiger partial charge in [0.2, 0.25) is 5.91 Å². The van der Waals surface area contributed by atoms with E-state index in [2.05, 4.69) is 16.7 Å². The van der Waals surface area contributed by atoms with Gasteiger partial charge in [-0.05, 0) is 18.7 Å². The summed E-state index contributed by atoms with van der Waals surface area (Å²) >= 11 is 0. The van der Waals surface area contributed by atoms with Crippen molar-refractivity contribution in [2.24, 2.45) is 0 Å². The molecule has 0 unspecified atom stereocenters. The molecule has 0 bridgehead atoms. The second kappa shape index (κ2) is 6.83. The van der Waals surface area contributed by atoms with Crippen LogP contribution in [0.5, 0.6) is 5.75 Å². The number of rotatable bonds is 3. The summed E-state index contributed by atoms with van der Waals surface area (Å²) in [5.74, 6) is 1.09. The lowest BCUT2D eigenvalue weighted by Crippen LogP contribution is -2.60. The fourth-order valence-corrected chi connectivity index (χ4v) is 6.42.